The number of terminal acetylenes is 1. The molecule has 3 nitrogen and oxygen atoms in total. The maximum absolute atomic E-state index is 13.1. The summed E-state index contributed by atoms with van der Waals surface area (Å²) in [5, 5.41) is 2.51. The number of halogens is 3. The number of amides is 1. The zero-order valence-electron chi connectivity index (χ0n) is 17.4. The van der Waals surface area contributed by atoms with Gasteiger partial charge in [-0.25, -0.2) is 4.79 Å². The summed E-state index contributed by atoms with van der Waals surface area (Å²) >= 11 is 0. The van der Waals surface area contributed by atoms with E-state index in [1.807, 2.05) is 48.5 Å². The average Bonchev–Trinajstić information content (AvgIpc) is 3.09. The fraction of sp³-hybridized carbons (Fsp3) is 0.125. The van der Waals surface area contributed by atoms with Crippen LogP contribution >= 0.6 is 0 Å². The molecule has 0 bridgehead atoms. The third-order valence-electron chi connectivity index (χ3n) is 5.34. The summed E-state index contributed by atoms with van der Waals surface area (Å²) in [7, 11) is 0. The predicted molar refractivity (Wildman–Crippen MR) is 115 cm³/mol. The van der Waals surface area contributed by atoms with Crippen LogP contribution in [0.5, 0.6) is 0 Å². The van der Waals surface area contributed by atoms with Crippen molar-refractivity contribution < 1.29 is 73.9 Å². The van der Waals surface area contributed by atoms with Crippen LogP contribution in [-0.2, 0) is 11.3 Å². The maximum Gasteiger partial charge on any atom is 1.00 e. The molecule has 0 atom stereocenters. The quantitative estimate of drug-likeness (QED) is 0.467. The number of carbonyl (C=O) groups excluding carboxylic acids is 1. The summed E-state index contributed by atoms with van der Waals surface area (Å²) in [4.78, 5) is 12.2. The van der Waals surface area contributed by atoms with Crippen molar-refractivity contribution in [1.82, 2.24) is 5.32 Å². The van der Waals surface area contributed by atoms with Gasteiger partial charge in [-0.3, -0.25) is 0 Å². The van der Waals surface area contributed by atoms with Gasteiger partial charge < -0.3 is 23.0 Å². The number of fused-ring (bicyclic) bond motifs is 3. The van der Waals surface area contributed by atoms with E-state index in [1.54, 1.807) is 0 Å². The second-order valence-corrected chi connectivity index (χ2v) is 7.36. The Hall–Kier alpha value is -2.02. The molecule has 3 aromatic rings. The molecule has 0 aromatic heterocycles. The van der Waals surface area contributed by atoms with Crippen molar-refractivity contribution >= 4 is 18.5 Å². The number of rotatable bonds is 5. The van der Waals surface area contributed by atoms with Gasteiger partial charge in [0.05, 0.1) is 0 Å². The van der Waals surface area contributed by atoms with Crippen molar-refractivity contribution in [1.29, 1.82) is 0 Å². The molecule has 1 aliphatic carbocycles. The molecule has 0 radical (unpaired) electrons. The first kappa shape index (κ1) is 24.6. The van der Waals surface area contributed by atoms with Crippen LogP contribution in [0.4, 0.5) is 17.7 Å². The largest absolute Gasteiger partial charge is 1.00 e. The molecule has 156 valence electrons. The maximum atomic E-state index is 13.1. The zero-order valence-corrected chi connectivity index (χ0v) is 20.6. The summed E-state index contributed by atoms with van der Waals surface area (Å²) in [5.41, 5.74) is 3.96. The van der Waals surface area contributed by atoms with Crippen LogP contribution in [0.1, 0.15) is 28.2 Å². The van der Waals surface area contributed by atoms with E-state index in [4.69, 9.17) is 11.2 Å². The number of nitrogens with one attached hydrogen (secondary N) is 1. The molecule has 0 fully saturated rings. The van der Waals surface area contributed by atoms with E-state index in [0.717, 1.165) is 34.4 Å². The third kappa shape index (κ3) is 5.30. The Morgan fingerprint density at radius 3 is 2.16 bits per heavy atom. The van der Waals surface area contributed by atoms with E-state index < -0.39 is 18.5 Å². The molecule has 4 rings (SSSR count). The molecular weight excluding hydrogens is 441 g/mol. The summed E-state index contributed by atoms with van der Waals surface area (Å²) in [6, 6.07) is 19.3. The molecule has 0 saturated heterocycles. The van der Waals surface area contributed by atoms with Crippen molar-refractivity contribution in [2.45, 2.75) is 12.5 Å². The number of alkyl carbamates (subject to hydrolysis) is 1. The van der Waals surface area contributed by atoms with Crippen LogP contribution in [0.25, 0.3) is 11.1 Å². The summed E-state index contributed by atoms with van der Waals surface area (Å²) in [5.74, 6) is 2.12. The van der Waals surface area contributed by atoms with Gasteiger partial charge in [0.15, 0.2) is 0 Å². The van der Waals surface area contributed by atoms with Crippen LogP contribution in [0.15, 0.2) is 66.7 Å². The van der Waals surface area contributed by atoms with Gasteiger partial charge in [-0.15, -0.1) is 11.9 Å². The molecule has 0 saturated carbocycles. The van der Waals surface area contributed by atoms with Crippen molar-refractivity contribution in [2.75, 3.05) is 6.61 Å². The number of hydrogen-bond donors (Lipinski definition) is 1. The first-order valence-electron chi connectivity index (χ1n) is 9.76. The zero-order chi connectivity index (χ0) is 22.0. The molecule has 0 spiro atoms. The van der Waals surface area contributed by atoms with Crippen molar-refractivity contribution in [3.05, 3.63) is 89.0 Å². The molecule has 1 amide bonds. The Labute approximate surface area is 227 Å². The van der Waals surface area contributed by atoms with Crippen LogP contribution in [-0.4, -0.2) is 19.7 Å². The minimum atomic E-state index is -5.19. The van der Waals surface area contributed by atoms with Gasteiger partial charge in [0.25, 0.3) is 0 Å². The Morgan fingerprint density at radius 2 is 1.59 bits per heavy atom. The standard InChI is InChI=1S/C24H18BF3NO2.K/c1-2-16-11-17(13-18(12-16)25(26,27)28)14-29-24(30)31-15-23-21-9-5-3-7-19(21)20-8-4-6-10-22(20)23;/h1,3-13,23H,14-15H2,(H,29,30);/q-1;+1. The molecule has 0 unspecified atom stereocenters. The van der Waals surface area contributed by atoms with Gasteiger partial charge in [-0.2, -0.15) is 0 Å². The van der Waals surface area contributed by atoms with Crippen LogP contribution in [0.2, 0.25) is 0 Å². The molecule has 32 heavy (non-hydrogen) atoms. The SMILES string of the molecule is C#Cc1cc(CNC(=O)OCC2c3ccccc3-c3ccccc32)cc([B-](F)(F)F)c1.[K+]. The third-order valence-corrected chi connectivity index (χ3v) is 5.34. The number of benzene rings is 3. The second kappa shape index (κ2) is 10.3. The summed E-state index contributed by atoms with van der Waals surface area (Å²) in [6.45, 7) is -5.18. The van der Waals surface area contributed by atoms with Crippen LogP contribution < -0.4 is 62.2 Å². The Balaban J connectivity index is 0.00000289. The Morgan fingerprint density at radius 1 is 1.00 bits per heavy atom. The van der Waals surface area contributed by atoms with E-state index >= 15 is 0 Å². The summed E-state index contributed by atoms with van der Waals surface area (Å²) < 4.78 is 44.7. The van der Waals surface area contributed by atoms with Crippen molar-refractivity contribution in [3.63, 3.8) is 0 Å². The molecule has 0 aliphatic heterocycles. The molecule has 3 aromatic carbocycles. The van der Waals surface area contributed by atoms with E-state index in [-0.39, 0.29) is 81.6 Å². The van der Waals surface area contributed by atoms with E-state index in [0.29, 0.717) is 0 Å². The molecule has 0 heterocycles. The summed E-state index contributed by atoms with van der Waals surface area (Å²) in [6.07, 6.45) is 4.56. The molecule has 1 aliphatic rings. The topological polar surface area (TPSA) is 38.3 Å². The fourth-order valence-electron chi connectivity index (χ4n) is 3.92. The second-order valence-electron chi connectivity index (χ2n) is 7.36. The number of carbonyl (C=O) groups is 1. The molecule has 1 N–H and O–H groups in total. The van der Waals surface area contributed by atoms with Gasteiger partial charge in [0.2, 0.25) is 0 Å². The smallest absolute Gasteiger partial charge is 0.449 e. The van der Waals surface area contributed by atoms with E-state index in [9.17, 15) is 17.7 Å². The van der Waals surface area contributed by atoms with Crippen LogP contribution in [0, 0.1) is 12.3 Å². The van der Waals surface area contributed by atoms with E-state index in [1.165, 1.54) is 6.07 Å². The molecule has 8 heteroatoms. The van der Waals surface area contributed by atoms with Gasteiger partial charge in [0, 0.05) is 18.0 Å². The van der Waals surface area contributed by atoms with Gasteiger partial charge in [-0.1, -0.05) is 66.6 Å². The Kier molecular flexibility index (Phi) is 7.91. The Bertz CT molecular complexity index is 1140. The number of hydrogen-bond acceptors (Lipinski definition) is 2. The van der Waals surface area contributed by atoms with Crippen molar-refractivity contribution in [2.24, 2.45) is 0 Å². The fourth-order valence-corrected chi connectivity index (χ4v) is 3.92. The predicted octanol–water partition coefficient (Wildman–Crippen LogP) is 1.76. The van der Waals surface area contributed by atoms with Gasteiger partial charge in [0.1, 0.15) is 6.61 Å². The first-order chi connectivity index (χ1) is 14.9. The van der Waals surface area contributed by atoms with E-state index in [2.05, 4.69) is 11.2 Å². The minimum Gasteiger partial charge on any atom is -0.449 e. The average molecular weight is 459 g/mol. The van der Waals surface area contributed by atoms with Crippen molar-refractivity contribution in [3.8, 4) is 23.5 Å². The van der Waals surface area contributed by atoms with Gasteiger partial charge >= 0.3 is 64.5 Å². The normalized spacial score (nSPS) is 12.2. The van der Waals surface area contributed by atoms with Gasteiger partial charge in [-0.05, 0) is 33.9 Å². The number of ether oxygens (including phenoxy) is 1. The first-order valence-corrected chi connectivity index (χ1v) is 9.76. The monoisotopic (exact) mass is 459 g/mol. The minimum absolute atomic E-state index is 0. The molecular formula is C24H18BF3KNO2. The van der Waals surface area contributed by atoms with Crippen LogP contribution in [0.3, 0.4) is 0 Å².